The molecule has 2 aliphatic heterocycles. The van der Waals surface area contributed by atoms with Crippen LogP contribution in [-0.2, 0) is 22.6 Å². The van der Waals surface area contributed by atoms with Crippen LogP contribution in [0.3, 0.4) is 0 Å². The number of imidazole rings is 1. The molecule has 2 aliphatic rings. The second-order valence-electron chi connectivity index (χ2n) is 9.26. The molecule has 1 fully saturated rings. The van der Waals surface area contributed by atoms with E-state index < -0.39 is 17.7 Å². The zero-order valence-electron chi connectivity index (χ0n) is 20.8. The van der Waals surface area contributed by atoms with Crippen LogP contribution >= 0.6 is 0 Å². The number of hydrogen-bond acceptors (Lipinski definition) is 7. The molecule has 2 atom stereocenters. The number of rotatable bonds is 8. The first-order valence-corrected chi connectivity index (χ1v) is 12.4. The van der Waals surface area contributed by atoms with Crippen LogP contribution in [0, 0.1) is 0 Å². The van der Waals surface area contributed by atoms with Crippen molar-refractivity contribution in [3.63, 3.8) is 0 Å². The highest BCUT2D eigenvalue weighted by Gasteiger charge is 2.46. The fraction of sp³-hybridized carbons (Fsp3) is 0.321. The summed E-state index contributed by atoms with van der Waals surface area (Å²) in [4.78, 5) is 32.1. The fourth-order valence-corrected chi connectivity index (χ4v) is 5.00. The van der Waals surface area contributed by atoms with E-state index in [9.17, 15) is 19.8 Å². The van der Waals surface area contributed by atoms with Gasteiger partial charge in [0.2, 0.25) is 0 Å². The Labute approximate surface area is 214 Å². The third kappa shape index (κ3) is 4.64. The van der Waals surface area contributed by atoms with Gasteiger partial charge in [0.1, 0.15) is 17.6 Å². The Hall–Kier alpha value is -4.27. The van der Waals surface area contributed by atoms with Gasteiger partial charge in [0.25, 0.3) is 11.7 Å². The highest BCUT2D eigenvalue weighted by atomic mass is 16.5. The number of aromatic hydroxyl groups is 1. The molecule has 0 radical (unpaired) electrons. The van der Waals surface area contributed by atoms with Crippen molar-refractivity contribution in [2.24, 2.45) is 0 Å². The molecule has 0 saturated carbocycles. The van der Waals surface area contributed by atoms with Gasteiger partial charge in [-0.25, -0.2) is 4.98 Å². The molecular weight excluding hydrogens is 474 g/mol. The number of carbonyl (C=O) groups excluding carboxylic acids is 2. The molecule has 9 nitrogen and oxygen atoms in total. The summed E-state index contributed by atoms with van der Waals surface area (Å²) in [5.74, 6) is -0.722. The van der Waals surface area contributed by atoms with Crippen molar-refractivity contribution in [1.82, 2.24) is 14.5 Å². The lowest BCUT2D eigenvalue weighted by atomic mass is 9.94. The van der Waals surface area contributed by atoms with Crippen molar-refractivity contribution in [1.29, 1.82) is 0 Å². The topological polar surface area (TPSA) is 114 Å². The first-order chi connectivity index (χ1) is 17.9. The molecule has 1 aromatic heterocycles. The number of fused-ring (bicyclic) bond motifs is 1. The molecule has 192 valence electrons. The Morgan fingerprint density at radius 1 is 1.19 bits per heavy atom. The number of nitrogens with zero attached hydrogens (tertiary/aromatic N) is 3. The molecule has 0 aliphatic carbocycles. The summed E-state index contributed by atoms with van der Waals surface area (Å²) in [5.41, 5.74) is 1.95. The van der Waals surface area contributed by atoms with Crippen molar-refractivity contribution in [2.45, 2.75) is 45.4 Å². The number of carbonyl (C=O) groups is 2. The van der Waals surface area contributed by atoms with Crippen LogP contribution in [0.15, 0.2) is 60.7 Å². The summed E-state index contributed by atoms with van der Waals surface area (Å²) in [6.07, 6.45) is 6.50. The third-order valence-electron chi connectivity index (χ3n) is 6.68. The van der Waals surface area contributed by atoms with E-state index in [0.29, 0.717) is 37.1 Å². The number of amides is 1. The summed E-state index contributed by atoms with van der Waals surface area (Å²) in [6, 6.07) is 9.16. The number of likely N-dealkylation sites (tertiary alicyclic amines) is 1. The summed E-state index contributed by atoms with van der Waals surface area (Å²) in [5, 5.41) is 21.6. The number of aryl methyl sites for hydroxylation is 1. The number of aliphatic hydroxyl groups is 1. The average molecular weight is 504 g/mol. The van der Waals surface area contributed by atoms with Gasteiger partial charge in [0.15, 0.2) is 11.5 Å². The van der Waals surface area contributed by atoms with Crippen LogP contribution in [0.5, 0.6) is 17.2 Å². The largest absolute Gasteiger partial charge is 0.507 e. The molecule has 5 rings (SSSR count). The van der Waals surface area contributed by atoms with E-state index in [2.05, 4.69) is 4.98 Å². The number of benzene rings is 2. The highest BCUT2D eigenvalue weighted by molar-refractivity contribution is 6.46. The minimum absolute atomic E-state index is 0.00711. The van der Waals surface area contributed by atoms with Crippen LogP contribution < -0.4 is 9.47 Å². The number of Topliss-reactive ketones (excluding diaryl/α,β-unsaturated/α-hetero) is 1. The van der Waals surface area contributed by atoms with E-state index in [1.165, 1.54) is 11.0 Å². The van der Waals surface area contributed by atoms with Gasteiger partial charge in [-0.05, 0) is 61.7 Å². The van der Waals surface area contributed by atoms with Gasteiger partial charge in [-0.1, -0.05) is 6.07 Å². The number of phenolic OH excluding ortho intramolecular Hbond substituents is 1. The maximum absolute atomic E-state index is 13.3. The lowest BCUT2D eigenvalue weighted by Crippen LogP contribution is -2.31. The molecule has 0 bridgehead atoms. The van der Waals surface area contributed by atoms with Crippen LogP contribution in [0.25, 0.3) is 5.76 Å². The zero-order valence-corrected chi connectivity index (χ0v) is 20.8. The zero-order chi connectivity index (χ0) is 26.1. The van der Waals surface area contributed by atoms with Crippen molar-refractivity contribution in [3.8, 4) is 17.2 Å². The average Bonchev–Trinajstić information content (AvgIpc) is 3.59. The second kappa shape index (κ2) is 10.0. The molecular formula is C28H29N3O6. The fourth-order valence-electron chi connectivity index (χ4n) is 5.00. The molecule has 0 unspecified atom stereocenters. The molecule has 0 spiro atoms. The van der Waals surface area contributed by atoms with Gasteiger partial charge in [0, 0.05) is 37.5 Å². The Morgan fingerprint density at radius 2 is 2.03 bits per heavy atom. The van der Waals surface area contributed by atoms with Gasteiger partial charge in [-0.3, -0.25) is 9.59 Å². The minimum atomic E-state index is -0.842. The van der Waals surface area contributed by atoms with Crippen LogP contribution in [0.1, 0.15) is 43.0 Å². The highest BCUT2D eigenvalue weighted by Crippen LogP contribution is 2.42. The molecule has 2 N–H and O–H groups in total. The lowest BCUT2D eigenvalue weighted by Gasteiger charge is -2.26. The molecule has 1 amide bonds. The molecule has 3 aromatic rings. The van der Waals surface area contributed by atoms with Gasteiger partial charge in [-0.15, -0.1) is 0 Å². The Morgan fingerprint density at radius 3 is 2.78 bits per heavy atom. The first-order valence-electron chi connectivity index (χ1n) is 12.4. The summed E-state index contributed by atoms with van der Waals surface area (Å²) in [6.45, 7) is 4.99. The maximum atomic E-state index is 13.3. The van der Waals surface area contributed by atoms with E-state index in [-0.39, 0.29) is 35.5 Å². The van der Waals surface area contributed by atoms with Gasteiger partial charge < -0.3 is 29.2 Å². The van der Waals surface area contributed by atoms with Crippen molar-refractivity contribution in [2.75, 3.05) is 13.2 Å². The summed E-state index contributed by atoms with van der Waals surface area (Å²) < 4.78 is 13.2. The van der Waals surface area contributed by atoms with Gasteiger partial charge in [0.05, 0.1) is 24.5 Å². The molecule has 2 aromatic carbocycles. The van der Waals surface area contributed by atoms with Crippen LogP contribution in [-0.4, -0.2) is 55.6 Å². The molecule has 3 heterocycles. The summed E-state index contributed by atoms with van der Waals surface area (Å²) >= 11 is 0. The molecule has 9 heteroatoms. The van der Waals surface area contributed by atoms with E-state index in [1.54, 1.807) is 49.8 Å². The van der Waals surface area contributed by atoms with Crippen molar-refractivity contribution in [3.05, 3.63) is 77.4 Å². The maximum Gasteiger partial charge on any atom is 0.295 e. The molecule has 37 heavy (non-hydrogen) atoms. The van der Waals surface area contributed by atoms with E-state index in [1.807, 2.05) is 17.7 Å². The number of ketones is 1. The first kappa shape index (κ1) is 24.4. The quantitative estimate of drug-likeness (QED) is 0.273. The number of phenols is 1. The van der Waals surface area contributed by atoms with Gasteiger partial charge >= 0.3 is 0 Å². The second-order valence-corrected chi connectivity index (χ2v) is 9.26. The standard InChI is InChI=1S/C28H29N3O6/c1-3-36-23-15-18(5-7-21(23)32)25-24(26(33)19-6-8-22-20(14-19)13-17(2)37-22)27(34)28(35)31(25)11-4-10-30-12-9-29-16-30/h5-9,12,14-17,25,32-33H,3-4,10-11,13H2,1-2H3/t17-,25-/m0/s1. The number of ether oxygens (including phenoxy) is 2. The van der Waals surface area contributed by atoms with Gasteiger partial charge in [-0.2, -0.15) is 0 Å². The Bertz CT molecular complexity index is 1360. The Balaban J connectivity index is 1.56. The normalized spacial score (nSPS) is 20.2. The molecule has 1 saturated heterocycles. The number of aromatic nitrogens is 2. The summed E-state index contributed by atoms with van der Waals surface area (Å²) in [7, 11) is 0. The Kier molecular flexibility index (Phi) is 6.60. The SMILES string of the molecule is CCOc1cc([C@H]2C(=C(O)c3ccc4c(c3)C[C@H](C)O4)C(=O)C(=O)N2CCCn2ccnc2)ccc1O. The van der Waals surface area contributed by atoms with Crippen LogP contribution in [0.4, 0.5) is 0 Å². The minimum Gasteiger partial charge on any atom is -0.507 e. The van der Waals surface area contributed by atoms with E-state index >= 15 is 0 Å². The third-order valence-corrected chi connectivity index (χ3v) is 6.68. The van der Waals surface area contributed by atoms with E-state index in [4.69, 9.17) is 9.47 Å². The van der Waals surface area contributed by atoms with Crippen molar-refractivity contribution < 1.29 is 29.3 Å². The number of aliphatic hydroxyl groups excluding tert-OH is 1. The van der Waals surface area contributed by atoms with Crippen molar-refractivity contribution >= 4 is 17.4 Å². The van der Waals surface area contributed by atoms with E-state index in [0.717, 1.165) is 11.3 Å². The smallest absolute Gasteiger partial charge is 0.295 e. The predicted molar refractivity (Wildman–Crippen MR) is 135 cm³/mol. The predicted octanol–water partition coefficient (Wildman–Crippen LogP) is 3.82. The van der Waals surface area contributed by atoms with Crippen LogP contribution in [0.2, 0.25) is 0 Å². The lowest BCUT2D eigenvalue weighted by molar-refractivity contribution is -0.139. The number of hydrogen-bond donors (Lipinski definition) is 2. The monoisotopic (exact) mass is 503 g/mol.